The molecule has 106 valence electrons. The highest BCUT2D eigenvalue weighted by Crippen LogP contribution is 2.41. The zero-order valence-electron chi connectivity index (χ0n) is 12.8. The molecule has 0 radical (unpaired) electrons. The topological polar surface area (TPSA) is 23.8 Å². The Labute approximate surface area is 127 Å². The molecule has 0 saturated carbocycles. The van der Waals surface area contributed by atoms with Crippen molar-refractivity contribution < 1.29 is 0 Å². The van der Waals surface area contributed by atoms with Crippen LogP contribution in [0.5, 0.6) is 0 Å². The summed E-state index contributed by atoms with van der Waals surface area (Å²) in [4.78, 5) is 0. The lowest BCUT2D eigenvalue weighted by Crippen LogP contribution is -2.23. The Kier molecular flexibility index (Phi) is 3.55. The molecule has 1 unspecified atom stereocenters. The maximum absolute atomic E-state index is 9.82. The minimum atomic E-state index is -0.337. The van der Waals surface area contributed by atoms with Crippen LogP contribution in [0, 0.1) is 11.3 Å². The average Bonchev–Trinajstić information content (AvgIpc) is 2.87. The van der Waals surface area contributed by atoms with Gasteiger partial charge in [-0.3, -0.25) is 0 Å². The van der Waals surface area contributed by atoms with E-state index in [4.69, 9.17) is 0 Å². The highest BCUT2D eigenvalue weighted by molar-refractivity contribution is 5.46. The largest absolute Gasteiger partial charge is 0.197 e. The standard InChI is InChI=1S/C20H21N/c1-15(2)17-9-7-16(8-10-17)13-20(14-21)12-11-18-5-3-4-6-19(18)20/h3-10,15H,11-13H2,1-2H3. The summed E-state index contributed by atoms with van der Waals surface area (Å²) in [6.45, 7) is 4.41. The van der Waals surface area contributed by atoms with Crippen LogP contribution in [-0.4, -0.2) is 0 Å². The van der Waals surface area contributed by atoms with Gasteiger partial charge in [-0.2, -0.15) is 5.26 Å². The molecule has 21 heavy (non-hydrogen) atoms. The summed E-state index contributed by atoms with van der Waals surface area (Å²) >= 11 is 0. The van der Waals surface area contributed by atoms with Crippen molar-refractivity contribution in [1.29, 1.82) is 5.26 Å². The van der Waals surface area contributed by atoms with Gasteiger partial charge in [0, 0.05) is 0 Å². The molecule has 1 heteroatoms. The first-order chi connectivity index (χ1) is 10.1. The smallest absolute Gasteiger partial charge is 0.0868 e. The van der Waals surface area contributed by atoms with Gasteiger partial charge in [0.1, 0.15) is 0 Å². The monoisotopic (exact) mass is 275 g/mol. The number of nitrogens with zero attached hydrogens (tertiary/aromatic N) is 1. The van der Waals surface area contributed by atoms with E-state index in [0.717, 1.165) is 19.3 Å². The normalized spacial score (nSPS) is 20.3. The number of benzene rings is 2. The summed E-state index contributed by atoms with van der Waals surface area (Å²) in [5, 5.41) is 9.82. The van der Waals surface area contributed by atoms with Gasteiger partial charge in [-0.1, -0.05) is 62.4 Å². The van der Waals surface area contributed by atoms with Crippen molar-refractivity contribution in [1.82, 2.24) is 0 Å². The maximum Gasteiger partial charge on any atom is 0.0868 e. The summed E-state index contributed by atoms with van der Waals surface area (Å²) in [6, 6.07) is 19.8. The van der Waals surface area contributed by atoms with Crippen molar-refractivity contribution in [2.75, 3.05) is 0 Å². The first-order valence-corrected chi connectivity index (χ1v) is 7.73. The second kappa shape index (κ2) is 5.37. The summed E-state index contributed by atoms with van der Waals surface area (Å²) < 4.78 is 0. The number of aryl methyl sites for hydroxylation is 1. The van der Waals surface area contributed by atoms with Gasteiger partial charge in [0.2, 0.25) is 0 Å². The minimum absolute atomic E-state index is 0.337. The molecule has 1 aliphatic carbocycles. The third-order valence-electron chi connectivity index (χ3n) is 4.72. The molecule has 0 aromatic heterocycles. The molecule has 0 bridgehead atoms. The average molecular weight is 275 g/mol. The Morgan fingerprint density at radius 1 is 1.10 bits per heavy atom. The highest BCUT2D eigenvalue weighted by atomic mass is 14.4. The Morgan fingerprint density at radius 2 is 1.81 bits per heavy atom. The zero-order valence-corrected chi connectivity index (χ0v) is 12.8. The Balaban J connectivity index is 1.91. The molecule has 0 N–H and O–H groups in total. The lowest BCUT2D eigenvalue weighted by atomic mass is 9.78. The molecule has 2 aromatic rings. The van der Waals surface area contributed by atoms with Crippen LogP contribution in [-0.2, 0) is 18.3 Å². The van der Waals surface area contributed by atoms with Gasteiger partial charge in [0.05, 0.1) is 11.5 Å². The van der Waals surface area contributed by atoms with Crippen LogP contribution in [0.15, 0.2) is 48.5 Å². The first kappa shape index (κ1) is 13.9. The van der Waals surface area contributed by atoms with Crippen LogP contribution < -0.4 is 0 Å². The third-order valence-corrected chi connectivity index (χ3v) is 4.72. The van der Waals surface area contributed by atoms with Crippen LogP contribution >= 0.6 is 0 Å². The fourth-order valence-corrected chi connectivity index (χ4v) is 3.40. The van der Waals surface area contributed by atoms with Crippen molar-refractivity contribution in [3.8, 4) is 6.07 Å². The summed E-state index contributed by atoms with van der Waals surface area (Å²) in [5.74, 6) is 0.552. The summed E-state index contributed by atoms with van der Waals surface area (Å²) in [7, 11) is 0. The Bertz CT molecular complexity index is 676. The number of hydrogen-bond donors (Lipinski definition) is 0. The van der Waals surface area contributed by atoms with E-state index in [0.29, 0.717) is 5.92 Å². The van der Waals surface area contributed by atoms with Crippen LogP contribution in [0.2, 0.25) is 0 Å². The number of fused-ring (bicyclic) bond motifs is 1. The second-order valence-corrected chi connectivity index (χ2v) is 6.42. The molecule has 1 aliphatic rings. The second-order valence-electron chi connectivity index (χ2n) is 6.42. The number of hydrogen-bond acceptors (Lipinski definition) is 1. The van der Waals surface area contributed by atoms with Gasteiger partial charge >= 0.3 is 0 Å². The van der Waals surface area contributed by atoms with Gasteiger partial charge in [-0.05, 0) is 47.4 Å². The molecule has 0 saturated heterocycles. The predicted octanol–water partition coefficient (Wildman–Crippen LogP) is 4.76. The van der Waals surface area contributed by atoms with Crippen molar-refractivity contribution in [3.05, 3.63) is 70.8 Å². The van der Waals surface area contributed by atoms with Gasteiger partial charge in [0.15, 0.2) is 0 Å². The maximum atomic E-state index is 9.82. The molecule has 3 rings (SSSR count). The van der Waals surface area contributed by atoms with E-state index in [1.807, 2.05) is 0 Å². The van der Waals surface area contributed by atoms with Crippen molar-refractivity contribution in [2.24, 2.45) is 0 Å². The SMILES string of the molecule is CC(C)c1ccc(CC2(C#N)CCc3ccccc32)cc1. The lowest BCUT2D eigenvalue weighted by Gasteiger charge is -2.22. The van der Waals surface area contributed by atoms with E-state index >= 15 is 0 Å². The van der Waals surface area contributed by atoms with Crippen LogP contribution in [0.1, 0.15) is 48.4 Å². The van der Waals surface area contributed by atoms with Gasteiger partial charge < -0.3 is 0 Å². The molecule has 0 fully saturated rings. The molecule has 1 atom stereocenters. The van der Waals surface area contributed by atoms with Crippen molar-refractivity contribution in [3.63, 3.8) is 0 Å². The fraction of sp³-hybridized carbons (Fsp3) is 0.350. The Morgan fingerprint density at radius 3 is 2.48 bits per heavy atom. The zero-order chi connectivity index (χ0) is 14.9. The van der Waals surface area contributed by atoms with E-state index < -0.39 is 0 Å². The van der Waals surface area contributed by atoms with Crippen LogP contribution in [0.25, 0.3) is 0 Å². The van der Waals surface area contributed by atoms with E-state index in [1.165, 1.54) is 22.3 Å². The molecule has 0 amide bonds. The fourth-order valence-electron chi connectivity index (χ4n) is 3.40. The minimum Gasteiger partial charge on any atom is -0.197 e. The van der Waals surface area contributed by atoms with E-state index in [9.17, 15) is 5.26 Å². The molecule has 0 aliphatic heterocycles. The van der Waals surface area contributed by atoms with Crippen LogP contribution in [0.3, 0.4) is 0 Å². The highest BCUT2D eigenvalue weighted by Gasteiger charge is 2.38. The molecule has 0 heterocycles. The summed E-state index contributed by atoms with van der Waals surface area (Å²) in [6.07, 6.45) is 2.78. The molecule has 2 aromatic carbocycles. The van der Waals surface area contributed by atoms with Crippen LogP contribution in [0.4, 0.5) is 0 Å². The Hall–Kier alpha value is -2.07. The predicted molar refractivity (Wildman–Crippen MR) is 86.3 cm³/mol. The number of nitriles is 1. The first-order valence-electron chi connectivity index (χ1n) is 7.73. The van der Waals surface area contributed by atoms with Gasteiger partial charge in [-0.25, -0.2) is 0 Å². The van der Waals surface area contributed by atoms with Gasteiger partial charge in [0.25, 0.3) is 0 Å². The van der Waals surface area contributed by atoms with E-state index in [-0.39, 0.29) is 5.41 Å². The molecular weight excluding hydrogens is 254 g/mol. The third kappa shape index (κ3) is 2.47. The van der Waals surface area contributed by atoms with E-state index in [1.54, 1.807) is 0 Å². The van der Waals surface area contributed by atoms with E-state index in [2.05, 4.69) is 68.4 Å². The van der Waals surface area contributed by atoms with Crippen molar-refractivity contribution in [2.45, 2.75) is 44.4 Å². The molecular formula is C20H21N. The quantitative estimate of drug-likeness (QED) is 0.792. The molecule has 1 nitrogen and oxygen atoms in total. The lowest BCUT2D eigenvalue weighted by molar-refractivity contribution is 0.541. The number of rotatable bonds is 3. The summed E-state index contributed by atoms with van der Waals surface area (Å²) in [5.41, 5.74) is 4.86. The van der Waals surface area contributed by atoms with Gasteiger partial charge in [-0.15, -0.1) is 0 Å². The van der Waals surface area contributed by atoms with Crippen molar-refractivity contribution >= 4 is 0 Å². The molecule has 0 spiro atoms.